The van der Waals surface area contributed by atoms with Crippen molar-refractivity contribution in [1.29, 1.82) is 0 Å². The Morgan fingerprint density at radius 3 is 2.78 bits per heavy atom. The summed E-state index contributed by atoms with van der Waals surface area (Å²) in [6.45, 7) is 4.24. The minimum Gasteiger partial charge on any atom is -0.476 e. The average Bonchev–Trinajstić information content (AvgIpc) is 2.86. The lowest BCUT2D eigenvalue weighted by molar-refractivity contribution is 0.0691. The second kappa shape index (κ2) is 4.77. The largest absolute Gasteiger partial charge is 0.476 e. The fourth-order valence-electron chi connectivity index (χ4n) is 1.79. The van der Waals surface area contributed by atoms with Gasteiger partial charge in [0.1, 0.15) is 16.4 Å². The van der Waals surface area contributed by atoms with Gasteiger partial charge in [-0.1, -0.05) is 5.16 Å². The van der Waals surface area contributed by atoms with Gasteiger partial charge >= 0.3 is 5.97 Å². The van der Waals surface area contributed by atoms with Gasteiger partial charge in [-0.05, 0) is 13.8 Å². The summed E-state index contributed by atoms with van der Waals surface area (Å²) < 4.78 is 5.09. The van der Waals surface area contributed by atoms with Crippen LogP contribution in [0, 0.1) is 13.8 Å². The van der Waals surface area contributed by atoms with E-state index in [1.165, 1.54) is 11.3 Å². The lowest BCUT2D eigenvalue weighted by Gasteiger charge is -2.16. The standard InChI is InChI=1S/C11H13N3O3S/c1-6-10(7(2)17-13-6)14(3)4-9-12-8(5-18-9)11(15)16/h5H,4H2,1-3H3,(H,15,16). The monoisotopic (exact) mass is 267 g/mol. The van der Waals surface area contributed by atoms with Crippen molar-refractivity contribution < 1.29 is 14.4 Å². The molecule has 0 aliphatic carbocycles. The maximum absolute atomic E-state index is 10.7. The number of aryl methyl sites for hydroxylation is 2. The van der Waals surface area contributed by atoms with Crippen molar-refractivity contribution in [2.45, 2.75) is 20.4 Å². The number of carbonyl (C=O) groups is 1. The molecule has 0 atom stereocenters. The summed E-state index contributed by atoms with van der Waals surface area (Å²) in [5, 5.41) is 15.0. The van der Waals surface area contributed by atoms with Crippen molar-refractivity contribution in [3.05, 3.63) is 27.5 Å². The lowest BCUT2D eigenvalue weighted by atomic mass is 10.3. The van der Waals surface area contributed by atoms with E-state index in [0.717, 1.165) is 22.1 Å². The first-order valence-electron chi connectivity index (χ1n) is 5.30. The first-order valence-corrected chi connectivity index (χ1v) is 6.18. The van der Waals surface area contributed by atoms with Gasteiger partial charge in [-0.25, -0.2) is 9.78 Å². The van der Waals surface area contributed by atoms with Crippen molar-refractivity contribution in [2.75, 3.05) is 11.9 Å². The number of hydrogen-bond donors (Lipinski definition) is 1. The number of anilines is 1. The van der Waals surface area contributed by atoms with Crippen LogP contribution in [0.1, 0.15) is 27.0 Å². The van der Waals surface area contributed by atoms with Crippen LogP contribution in [0.4, 0.5) is 5.69 Å². The molecule has 0 saturated carbocycles. The fourth-order valence-corrected chi connectivity index (χ4v) is 2.61. The van der Waals surface area contributed by atoms with E-state index >= 15 is 0 Å². The first kappa shape index (κ1) is 12.6. The van der Waals surface area contributed by atoms with Gasteiger partial charge in [0.2, 0.25) is 0 Å². The predicted octanol–water partition coefficient (Wildman–Crippen LogP) is 2.08. The third-order valence-electron chi connectivity index (χ3n) is 2.52. The molecule has 0 aliphatic rings. The van der Waals surface area contributed by atoms with Crippen LogP contribution in [-0.2, 0) is 6.54 Å². The van der Waals surface area contributed by atoms with Gasteiger partial charge in [0, 0.05) is 12.4 Å². The maximum atomic E-state index is 10.7. The average molecular weight is 267 g/mol. The van der Waals surface area contributed by atoms with Crippen LogP contribution < -0.4 is 4.90 Å². The number of aromatic carboxylic acids is 1. The zero-order valence-corrected chi connectivity index (χ0v) is 11.1. The Balaban J connectivity index is 2.16. The van der Waals surface area contributed by atoms with Crippen LogP contribution in [0.15, 0.2) is 9.90 Å². The van der Waals surface area contributed by atoms with E-state index in [-0.39, 0.29) is 5.69 Å². The molecule has 0 unspecified atom stereocenters. The molecule has 2 rings (SSSR count). The zero-order valence-electron chi connectivity index (χ0n) is 10.3. The van der Waals surface area contributed by atoms with E-state index in [1.54, 1.807) is 5.38 Å². The molecular weight excluding hydrogens is 254 g/mol. The number of nitrogens with zero attached hydrogens (tertiary/aromatic N) is 3. The van der Waals surface area contributed by atoms with Gasteiger partial charge in [-0.2, -0.15) is 0 Å². The van der Waals surface area contributed by atoms with Gasteiger partial charge in [0.05, 0.1) is 6.54 Å². The molecule has 7 heteroatoms. The summed E-state index contributed by atoms with van der Waals surface area (Å²) in [4.78, 5) is 16.7. The molecule has 96 valence electrons. The number of hydrogen-bond acceptors (Lipinski definition) is 6. The normalized spacial score (nSPS) is 10.6. The molecule has 0 aromatic carbocycles. The fraction of sp³-hybridized carbons (Fsp3) is 0.364. The van der Waals surface area contributed by atoms with Crippen LogP contribution in [0.2, 0.25) is 0 Å². The Morgan fingerprint density at radius 2 is 2.28 bits per heavy atom. The number of carboxylic acids is 1. The molecule has 1 N–H and O–H groups in total. The minimum atomic E-state index is -1.00. The van der Waals surface area contributed by atoms with Crippen molar-refractivity contribution in [2.24, 2.45) is 0 Å². The SMILES string of the molecule is Cc1noc(C)c1N(C)Cc1nc(C(=O)O)cs1. The molecule has 0 saturated heterocycles. The molecule has 0 radical (unpaired) electrons. The molecule has 6 nitrogen and oxygen atoms in total. The number of thiazole rings is 1. The Morgan fingerprint density at radius 1 is 1.56 bits per heavy atom. The molecule has 2 aromatic heterocycles. The molecule has 2 heterocycles. The van der Waals surface area contributed by atoms with E-state index in [9.17, 15) is 4.79 Å². The van der Waals surface area contributed by atoms with E-state index in [2.05, 4.69) is 10.1 Å². The van der Waals surface area contributed by atoms with Crippen LogP contribution >= 0.6 is 11.3 Å². The molecule has 0 fully saturated rings. The molecule has 2 aromatic rings. The predicted molar refractivity (Wildman–Crippen MR) is 67.2 cm³/mol. The first-order chi connectivity index (χ1) is 8.49. The molecular formula is C11H13N3O3S. The van der Waals surface area contributed by atoms with Crippen molar-refractivity contribution >= 4 is 23.0 Å². The lowest BCUT2D eigenvalue weighted by Crippen LogP contribution is -2.17. The third-order valence-corrected chi connectivity index (χ3v) is 3.35. The topological polar surface area (TPSA) is 79.5 Å². The highest BCUT2D eigenvalue weighted by atomic mass is 32.1. The highest BCUT2D eigenvalue weighted by molar-refractivity contribution is 7.09. The van der Waals surface area contributed by atoms with Gasteiger partial charge in [-0.15, -0.1) is 11.3 Å². The molecule has 0 bridgehead atoms. The highest BCUT2D eigenvalue weighted by Crippen LogP contribution is 2.25. The summed E-state index contributed by atoms with van der Waals surface area (Å²) >= 11 is 1.33. The Labute approximate surface area is 108 Å². The van der Waals surface area contributed by atoms with Gasteiger partial charge < -0.3 is 14.5 Å². The number of aromatic nitrogens is 2. The summed E-state index contributed by atoms with van der Waals surface area (Å²) in [6.07, 6.45) is 0. The molecule has 0 amide bonds. The van der Waals surface area contributed by atoms with Crippen LogP contribution in [-0.4, -0.2) is 28.3 Å². The zero-order chi connectivity index (χ0) is 13.3. The second-order valence-corrected chi connectivity index (χ2v) is 4.90. The van der Waals surface area contributed by atoms with Crippen LogP contribution in [0.5, 0.6) is 0 Å². The van der Waals surface area contributed by atoms with Crippen molar-refractivity contribution in [3.63, 3.8) is 0 Å². The summed E-state index contributed by atoms with van der Waals surface area (Å²) in [7, 11) is 1.90. The number of carboxylic acid groups (broad SMARTS) is 1. The Hall–Kier alpha value is -1.89. The van der Waals surface area contributed by atoms with Gasteiger partial charge in [0.15, 0.2) is 11.5 Å². The highest BCUT2D eigenvalue weighted by Gasteiger charge is 2.16. The second-order valence-electron chi connectivity index (χ2n) is 3.96. The van der Waals surface area contributed by atoms with Gasteiger partial charge in [0.25, 0.3) is 0 Å². The quantitative estimate of drug-likeness (QED) is 0.913. The van der Waals surface area contributed by atoms with Crippen LogP contribution in [0.25, 0.3) is 0 Å². The van der Waals surface area contributed by atoms with Crippen LogP contribution in [0.3, 0.4) is 0 Å². The van der Waals surface area contributed by atoms with E-state index in [4.69, 9.17) is 9.63 Å². The Bertz CT molecular complexity index is 556. The van der Waals surface area contributed by atoms with E-state index in [1.807, 2.05) is 25.8 Å². The van der Waals surface area contributed by atoms with Crippen molar-refractivity contribution in [1.82, 2.24) is 10.1 Å². The summed E-state index contributed by atoms with van der Waals surface area (Å²) in [6, 6.07) is 0. The van der Waals surface area contributed by atoms with E-state index in [0.29, 0.717) is 6.54 Å². The van der Waals surface area contributed by atoms with E-state index < -0.39 is 5.97 Å². The molecule has 0 spiro atoms. The van der Waals surface area contributed by atoms with Gasteiger partial charge in [-0.3, -0.25) is 0 Å². The number of rotatable bonds is 4. The summed E-state index contributed by atoms with van der Waals surface area (Å²) in [5.74, 6) is -0.262. The molecule has 18 heavy (non-hydrogen) atoms. The smallest absolute Gasteiger partial charge is 0.355 e. The maximum Gasteiger partial charge on any atom is 0.355 e. The van der Waals surface area contributed by atoms with Crippen molar-refractivity contribution in [3.8, 4) is 0 Å². The Kier molecular flexibility index (Phi) is 3.33. The third kappa shape index (κ3) is 2.35. The summed E-state index contributed by atoms with van der Waals surface area (Å²) in [5.41, 5.74) is 1.81. The molecule has 0 aliphatic heterocycles. The minimum absolute atomic E-state index is 0.0853.